The molecule has 0 aliphatic carbocycles. The quantitative estimate of drug-likeness (QED) is 0.735. The summed E-state index contributed by atoms with van der Waals surface area (Å²) in [7, 11) is 3.39. The first-order valence-corrected chi connectivity index (χ1v) is 7.57. The van der Waals surface area contributed by atoms with E-state index in [1.807, 2.05) is 6.07 Å². The van der Waals surface area contributed by atoms with E-state index in [9.17, 15) is 0 Å². The Morgan fingerprint density at radius 2 is 1.60 bits per heavy atom. The lowest BCUT2D eigenvalue weighted by atomic mass is 9.97. The Morgan fingerprint density at radius 1 is 1.00 bits per heavy atom. The van der Waals surface area contributed by atoms with Crippen molar-refractivity contribution < 1.29 is 9.47 Å². The molecule has 1 atom stereocenters. The second-order valence-corrected chi connectivity index (χ2v) is 5.58. The van der Waals surface area contributed by atoms with Crippen molar-refractivity contribution in [3.63, 3.8) is 0 Å². The molecule has 3 heteroatoms. The summed E-state index contributed by atoms with van der Waals surface area (Å²) in [4.78, 5) is 0. The zero-order chi connectivity index (χ0) is 15.0. The molecule has 0 aromatic heterocycles. The van der Waals surface area contributed by atoms with Crippen LogP contribution in [-0.4, -0.2) is 20.8 Å². The van der Waals surface area contributed by atoms with E-state index in [4.69, 9.17) is 9.47 Å². The Morgan fingerprint density at radius 3 is 2.05 bits per heavy atom. The molecule has 0 amide bonds. The highest BCUT2D eigenvalue weighted by Gasteiger charge is 2.13. The van der Waals surface area contributed by atoms with Crippen LogP contribution in [0.4, 0.5) is 0 Å². The molecule has 0 heterocycles. The summed E-state index contributed by atoms with van der Waals surface area (Å²) < 4.78 is 10.7. The molecule has 1 N–H and O–H groups in total. The molecule has 1 rings (SSSR count). The Hall–Kier alpha value is -1.22. The van der Waals surface area contributed by atoms with Gasteiger partial charge in [-0.2, -0.15) is 0 Å². The highest BCUT2D eigenvalue weighted by atomic mass is 16.5. The van der Waals surface area contributed by atoms with E-state index in [1.165, 1.54) is 18.4 Å². The Balaban J connectivity index is 2.83. The number of hydrogen-bond donors (Lipinski definition) is 1. The van der Waals surface area contributed by atoms with Crippen molar-refractivity contribution in [2.75, 3.05) is 20.8 Å². The highest BCUT2D eigenvalue weighted by molar-refractivity contribution is 5.39. The van der Waals surface area contributed by atoms with E-state index in [1.54, 1.807) is 14.2 Å². The van der Waals surface area contributed by atoms with Gasteiger partial charge in [0.25, 0.3) is 0 Å². The standard InChI is InChI=1S/C17H29NO2/c1-6-18-17(9-7-8-13(2)3)14-10-15(19-4)12-16(11-14)20-5/h10-13,17-18H,6-9H2,1-5H3. The number of hydrogen-bond acceptors (Lipinski definition) is 3. The van der Waals surface area contributed by atoms with Gasteiger partial charge in [-0.1, -0.05) is 33.6 Å². The number of ether oxygens (including phenoxy) is 2. The van der Waals surface area contributed by atoms with Crippen LogP contribution in [0, 0.1) is 5.92 Å². The van der Waals surface area contributed by atoms with Crippen LogP contribution in [0.25, 0.3) is 0 Å². The smallest absolute Gasteiger partial charge is 0.122 e. The first kappa shape index (κ1) is 16.8. The predicted octanol–water partition coefficient (Wildman–Crippen LogP) is 4.18. The average Bonchev–Trinajstić information content (AvgIpc) is 2.45. The number of benzene rings is 1. The van der Waals surface area contributed by atoms with Crippen LogP contribution in [0.15, 0.2) is 18.2 Å². The van der Waals surface area contributed by atoms with E-state index >= 15 is 0 Å². The maximum atomic E-state index is 5.36. The van der Waals surface area contributed by atoms with Gasteiger partial charge in [0.05, 0.1) is 14.2 Å². The molecule has 0 radical (unpaired) electrons. The molecule has 0 aliphatic rings. The molecule has 20 heavy (non-hydrogen) atoms. The van der Waals surface area contributed by atoms with E-state index in [-0.39, 0.29) is 0 Å². The lowest BCUT2D eigenvalue weighted by Crippen LogP contribution is -2.21. The first-order chi connectivity index (χ1) is 9.60. The van der Waals surface area contributed by atoms with Gasteiger partial charge in [-0.3, -0.25) is 0 Å². The van der Waals surface area contributed by atoms with Crippen LogP contribution in [0.3, 0.4) is 0 Å². The zero-order valence-corrected chi connectivity index (χ0v) is 13.5. The average molecular weight is 279 g/mol. The van der Waals surface area contributed by atoms with E-state index in [0.29, 0.717) is 6.04 Å². The molecule has 0 spiro atoms. The number of methoxy groups -OCH3 is 2. The fraction of sp³-hybridized carbons (Fsp3) is 0.647. The van der Waals surface area contributed by atoms with Gasteiger partial charge in [-0.15, -0.1) is 0 Å². The van der Waals surface area contributed by atoms with Crippen molar-refractivity contribution in [2.24, 2.45) is 5.92 Å². The lowest BCUT2D eigenvalue weighted by molar-refractivity contribution is 0.389. The molecular formula is C17H29NO2. The van der Waals surface area contributed by atoms with E-state index < -0.39 is 0 Å². The monoisotopic (exact) mass is 279 g/mol. The molecule has 0 bridgehead atoms. The molecule has 0 saturated heterocycles. The maximum Gasteiger partial charge on any atom is 0.122 e. The van der Waals surface area contributed by atoms with Gasteiger partial charge < -0.3 is 14.8 Å². The van der Waals surface area contributed by atoms with Crippen LogP contribution in [0.5, 0.6) is 11.5 Å². The van der Waals surface area contributed by atoms with Gasteiger partial charge in [0.15, 0.2) is 0 Å². The Labute approximate surface area is 123 Å². The molecule has 0 fully saturated rings. The van der Waals surface area contributed by atoms with Gasteiger partial charge in [0, 0.05) is 12.1 Å². The van der Waals surface area contributed by atoms with Crippen LogP contribution < -0.4 is 14.8 Å². The molecule has 1 aromatic carbocycles. The molecule has 3 nitrogen and oxygen atoms in total. The number of rotatable bonds is 9. The molecule has 0 saturated carbocycles. The first-order valence-electron chi connectivity index (χ1n) is 7.57. The maximum absolute atomic E-state index is 5.36. The van der Waals surface area contributed by atoms with Gasteiger partial charge in [0.2, 0.25) is 0 Å². The van der Waals surface area contributed by atoms with Crippen LogP contribution >= 0.6 is 0 Å². The normalized spacial score (nSPS) is 12.5. The van der Waals surface area contributed by atoms with Crippen LogP contribution in [0.1, 0.15) is 51.6 Å². The predicted molar refractivity (Wildman–Crippen MR) is 84.7 cm³/mol. The van der Waals surface area contributed by atoms with Crippen molar-refractivity contribution in [1.82, 2.24) is 5.32 Å². The van der Waals surface area contributed by atoms with Gasteiger partial charge in [-0.05, 0) is 36.6 Å². The minimum Gasteiger partial charge on any atom is -0.497 e. The lowest BCUT2D eigenvalue weighted by Gasteiger charge is -2.20. The zero-order valence-electron chi connectivity index (χ0n) is 13.5. The van der Waals surface area contributed by atoms with Crippen molar-refractivity contribution in [1.29, 1.82) is 0 Å². The topological polar surface area (TPSA) is 30.5 Å². The van der Waals surface area contributed by atoms with Crippen LogP contribution in [0.2, 0.25) is 0 Å². The summed E-state index contributed by atoms with van der Waals surface area (Å²) in [5.41, 5.74) is 1.24. The second-order valence-electron chi connectivity index (χ2n) is 5.58. The number of nitrogens with one attached hydrogen (secondary N) is 1. The van der Waals surface area contributed by atoms with E-state index in [2.05, 4.69) is 38.2 Å². The molecule has 1 unspecified atom stereocenters. The molecule has 114 valence electrons. The molecular weight excluding hydrogens is 250 g/mol. The third kappa shape index (κ3) is 5.41. The minimum absolute atomic E-state index is 0.364. The van der Waals surface area contributed by atoms with Crippen LogP contribution in [-0.2, 0) is 0 Å². The summed E-state index contributed by atoms with van der Waals surface area (Å²) >= 11 is 0. The van der Waals surface area contributed by atoms with Crippen molar-refractivity contribution >= 4 is 0 Å². The van der Waals surface area contributed by atoms with E-state index in [0.717, 1.165) is 30.4 Å². The summed E-state index contributed by atoms with van der Waals surface area (Å²) in [6.07, 6.45) is 3.64. The van der Waals surface area contributed by atoms with Gasteiger partial charge in [-0.25, -0.2) is 0 Å². The SMILES string of the molecule is CCNC(CCCC(C)C)c1cc(OC)cc(OC)c1. The second kappa shape index (κ2) is 8.85. The summed E-state index contributed by atoms with van der Waals surface area (Å²) in [5, 5.41) is 3.56. The summed E-state index contributed by atoms with van der Waals surface area (Å²) in [6, 6.07) is 6.49. The molecule has 1 aromatic rings. The van der Waals surface area contributed by atoms with Gasteiger partial charge in [0.1, 0.15) is 11.5 Å². The Bertz CT molecular complexity index is 368. The fourth-order valence-corrected chi connectivity index (χ4v) is 2.39. The molecule has 0 aliphatic heterocycles. The summed E-state index contributed by atoms with van der Waals surface area (Å²) in [6.45, 7) is 7.66. The minimum atomic E-state index is 0.364. The van der Waals surface area contributed by atoms with Gasteiger partial charge >= 0.3 is 0 Å². The van der Waals surface area contributed by atoms with Crippen molar-refractivity contribution in [3.05, 3.63) is 23.8 Å². The fourth-order valence-electron chi connectivity index (χ4n) is 2.39. The Kier molecular flexibility index (Phi) is 7.45. The third-order valence-electron chi connectivity index (χ3n) is 3.50. The highest BCUT2D eigenvalue weighted by Crippen LogP contribution is 2.29. The van der Waals surface area contributed by atoms with Crippen molar-refractivity contribution in [2.45, 2.75) is 46.1 Å². The van der Waals surface area contributed by atoms with Crippen molar-refractivity contribution in [3.8, 4) is 11.5 Å². The largest absolute Gasteiger partial charge is 0.497 e. The third-order valence-corrected chi connectivity index (χ3v) is 3.50. The summed E-state index contributed by atoms with van der Waals surface area (Å²) in [5.74, 6) is 2.47.